The maximum Gasteiger partial charge on any atom is 0.256 e. The molecule has 34 heavy (non-hydrogen) atoms. The van der Waals surface area contributed by atoms with Crippen LogP contribution >= 0.6 is 0 Å². The van der Waals surface area contributed by atoms with E-state index in [9.17, 15) is 9.59 Å². The number of likely N-dealkylation sites (N-methyl/N-ethyl adjacent to an activating group) is 1. The van der Waals surface area contributed by atoms with Gasteiger partial charge >= 0.3 is 0 Å². The Balaban J connectivity index is 1.22. The first kappa shape index (κ1) is 22.2. The van der Waals surface area contributed by atoms with Crippen LogP contribution < -0.4 is 10.2 Å². The summed E-state index contributed by atoms with van der Waals surface area (Å²) in [5.41, 5.74) is 4.45. The van der Waals surface area contributed by atoms with E-state index in [0.29, 0.717) is 24.5 Å². The second kappa shape index (κ2) is 9.30. The summed E-state index contributed by atoms with van der Waals surface area (Å²) in [5, 5.41) is 10.2. The first-order chi connectivity index (χ1) is 16.5. The van der Waals surface area contributed by atoms with Crippen molar-refractivity contribution in [3.63, 3.8) is 0 Å². The number of rotatable bonds is 5. The lowest BCUT2D eigenvalue weighted by molar-refractivity contribution is -0.133. The van der Waals surface area contributed by atoms with Gasteiger partial charge in [0.1, 0.15) is 0 Å². The van der Waals surface area contributed by atoms with Crippen molar-refractivity contribution in [3.05, 3.63) is 77.0 Å². The maximum absolute atomic E-state index is 13.0. The highest BCUT2D eigenvalue weighted by Gasteiger charge is 2.31. The van der Waals surface area contributed by atoms with Crippen LogP contribution in [0, 0.1) is 0 Å². The Kier molecular flexibility index (Phi) is 6.06. The summed E-state index contributed by atoms with van der Waals surface area (Å²) in [6.07, 6.45) is 0. The summed E-state index contributed by atoms with van der Waals surface area (Å²) in [4.78, 5) is 32.4. The number of carbonyl (C=O) groups excluding carboxylic acids is 2. The molecule has 2 N–H and O–H groups in total. The molecular formula is C26H30N6O2. The third-order valence-electron chi connectivity index (χ3n) is 6.86. The van der Waals surface area contributed by atoms with Gasteiger partial charge in [-0.2, -0.15) is 5.10 Å². The molecule has 1 aromatic heterocycles. The molecule has 3 heterocycles. The van der Waals surface area contributed by atoms with E-state index in [-0.39, 0.29) is 17.7 Å². The molecule has 0 spiro atoms. The van der Waals surface area contributed by atoms with Crippen LogP contribution in [0.15, 0.2) is 54.6 Å². The van der Waals surface area contributed by atoms with E-state index < -0.39 is 0 Å². The van der Waals surface area contributed by atoms with Crippen molar-refractivity contribution in [2.75, 3.05) is 43.4 Å². The van der Waals surface area contributed by atoms with Gasteiger partial charge in [0.2, 0.25) is 5.91 Å². The standard InChI is InChI=1S/C26H30N6O2/c1-18(19-6-4-3-5-7-19)26(34)32-16-22-23(17-32)28-29-24(22)27-25(33)20-8-10-21(11-9-20)31-14-12-30(2)13-15-31/h3-11,18H,12-17H2,1-2H3,(H2,27,28,29,33)/t18-/m0/s1. The summed E-state index contributed by atoms with van der Waals surface area (Å²) < 4.78 is 0. The number of hydrogen-bond donors (Lipinski definition) is 2. The molecule has 3 aromatic rings. The van der Waals surface area contributed by atoms with Gasteiger partial charge in [-0.15, -0.1) is 0 Å². The highest BCUT2D eigenvalue weighted by atomic mass is 16.2. The molecule has 5 rings (SSSR count). The summed E-state index contributed by atoms with van der Waals surface area (Å²) in [6.45, 7) is 6.87. The van der Waals surface area contributed by atoms with Crippen LogP contribution in [0.5, 0.6) is 0 Å². The number of aromatic nitrogens is 2. The Labute approximate surface area is 199 Å². The lowest BCUT2D eigenvalue weighted by Gasteiger charge is -2.34. The molecule has 0 saturated carbocycles. The minimum absolute atomic E-state index is 0.0626. The van der Waals surface area contributed by atoms with Crippen molar-refractivity contribution in [1.29, 1.82) is 0 Å². The lowest BCUT2D eigenvalue weighted by Crippen LogP contribution is -2.44. The van der Waals surface area contributed by atoms with Gasteiger partial charge in [0.15, 0.2) is 5.82 Å². The fraction of sp³-hybridized carbons (Fsp3) is 0.346. The van der Waals surface area contributed by atoms with Crippen LogP contribution in [0.4, 0.5) is 11.5 Å². The maximum atomic E-state index is 13.0. The quantitative estimate of drug-likeness (QED) is 0.614. The Bertz CT molecular complexity index is 1170. The molecule has 2 aliphatic rings. The number of fused-ring (bicyclic) bond motifs is 1. The Hall–Kier alpha value is -3.65. The first-order valence-electron chi connectivity index (χ1n) is 11.7. The van der Waals surface area contributed by atoms with Gasteiger partial charge in [0.05, 0.1) is 24.7 Å². The second-order valence-electron chi connectivity index (χ2n) is 9.15. The average molecular weight is 459 g/mol. The van der Waals surface area contributed by atoms with Crippen LogP contribution in [0.3, 0.4) is 0 Å². The Morgan fingerprint density at radius 3 is 2.38 bits per heavy atom. The predicted molar refractivity (Wildman–Crippen MR) is 132 cm³/mol. The van der Waals surface area contributed by atoms with E-state index in [1.54, 1.807) is 4.90 Å². The van der Waals surface area contributed by atoms with Crippen LogP contribution in [0.25, 0.3) is 0 Å². The van der Waals surface area contributed by atoms with E-state index in [1.165, 1.54) is 0 Å². The molecule has 0 unspecified atom stereocenters. The van der Waals surface area contributed by atoms with Crippen LogP contribution in [0.1, 0.15) is 40.0 Å². The van der Waals surface area contributed by atoms with Gasteiger partial charge in [0.25, 0.3) is 5.91 Å². The van der Waals surface area contributed by atoms with Crippen molar-refractivity contribution in [2.45, 2.75) is 25.9 Å². The fourth-order valence-corrected chi connectivity index (χ4v) is 4.63. The Morgan fingerprint density at radius 1 is 0.971 bits per heavy atom. The van der Waals surface area contributed by atoms with E-state index in [1.807, 2.05) is 61.5 Å². The normalized spacial score (nSPS) is 16.9. The van der Waals surface area contributed by atoms with Crippen LogP contribution in [-0.2, 0) is 17.9 Å². The smallest absolute Gasteiger partial charge is 0.256 e. The van der Waals surface area contributed by atoms with Gasteiger partial charge in [-0.25, -0.2) is 0 Å². The molecule has 8 nitrogen and oxygen atoms in total. The van der Waals surface area contributed by atoms with E-state index in [0.717, 1.165) is 48.7 Å². The van der Waals surface area contributed by atoms with Gasteiger partial charge in [0, 0.05) is 43.0 Å². The third kappa shape index (κ3) is 4.41. The number of nitrogens with zero attached hydrogens (tertiary/aromatic N) is 4. The van der Waals surface area contributed by atoms with Crippen LogP contribution in [-0.4, -0.2) is 65.0 Å². The summed E-state index contributed by atoms with van der Waals surface area (Å²) >= 11 is 0. The molecule has 2 aliphatic heterocycles. The number of H-pyrrole nitrogens is 1. The highest BCUT2D eigenvalue weighted by Crippen LogP contribution is 2.30. The van der Waals surface area contributed by atoms with Gasteiger partial charge in [-0.3, -0.25) is 14.7 Å². The van der Waals surface area contributed by atoms with Gasteiger partial charge in [-0.1, -0.05) is 30.3 Å². The number of anilines is 2. The fourth-order valence-electron chi connectivity index (χ4n) is 4.63. The van der Waals surface area contributed by atoms with Crippen LogP contribution in [0.2, 0.25) is 0 Å². The lowest BCUT2D eigenvalue weighted by atomic mass is 10.00. The molecular weight excluding hydrogens is 428 g/mol. The molecule has 1 saturated heterocycles. The summed E-state index contributed by atoms with van der Waals surface area (Å²) in [6, 6.07) is 17.5. The number of hydrogen-bond acceptors (Lipinski definition) is 5. The largest absolute Gasteiger partial charge is 0.369 e. The Morgan fingerprint density at radius 2 is 1.68 bits per heavy atom. The zero-order valence-corrected chi connectivity index (χ0v) is 19.6. The molecule has 2 amide bonds. The number of piperazine rings is 1. The summed E-state index contributed by atoms with van der Waals surface area (Å²) in [5.74, 6) is 0.120. The van der Waals surface area contributed by atoms with Crippen molar-refractivity contribution < 1.29 is 9.59 Å². The first-order valence-corrected chi connectivity index (χ1v) is 11.7. The summed E-state index contributed by atoms with van der Waals surface area (Å²) in [7, 11) is 2.13. The molecule has 0 aliphatic carbocycles. The minimum atomic E-state index is -0.227. The highest BCUT2D eigenvalue weighted by molar-refractivity contribution is 6.04. The van der Waals surface area contributed by atoms with Gasteiger partial charge < -0.3 is 20.0 Å². The van der Waals surface area contributed by atoms with Crippen molar-refractivity contribution in [1.82, 2.24) is 20.0 Å². The molecule has 0 radical (unpaired) electrons. The van der Waals surface area contributed by atoms with Crippen molar-refractivity contribution >= 4 is 23.3 Å². The zero-order chi connectivity index (χ0) is 23.7. The van der Waals surface area contributed by atoms with E-state index in [2.05, 4.69) is 32.4 Å². The predicted octanol–water partition coefficient (Wildman–Crippen LogP) is 3.06. The number of benzene rings is 2. The third-order valence-corrected chi connectivity index (χ3v) is 6.86. The average Bonchev–Trinajstić information content (AvgIpc) is 3.46. The van der Waals surface area contributed by atoms with Crippen molar-refractivity contribution in [2.24, 2.45) is 0 Å². The topological polar surface area (TPSA) is 84.6 Å². The minimum Gasteiger partial charge on any atom is -0.369 e. The number of carbonyl (C=O) groups is 2. The monoisotopic (exact) mass is 458 g/mol. The second-order valence-corrected chi connectivity index (χ2v) is 9.15. The SMILES string of the molecule is C[C@H](C(=O)N1Cc2[nH]nc(NC(=O)c3ccc(N4CCN(C)CC4)cc3)c2C1)c1ccccc1. The van der Waals surface area contributed by atoms with E-state index >= 15 is 0 Å². The van der Waals surface area contributed by atoms with E-state index in [4.69, 9.17) is 0 Å². The molecule has 0 bridgehead atoms. The number of aromatic amines is 1. The molecule has 8 heteroatoms. The number of amides is 2. The van der Waals surface area contributed by atoms with Crippen molar-refractivity contribution in [3.8, 4) is 0 Å². The molecule has 1 fully saturated rings. The molecule has 1 atom stereocenters. The number of nitrogens with one attached hydrogen (secondary N) is 2. The zero-order valence-electron chi connectivity index (χ0n) is 19.6. The molecule has 2 aromatic carbocycles. The molecule has 176 valence electrons. The van der Waals surface area contributed by atoms with Gasteiger partial charge in [-0.05, 0) is 43.8 Å².